The largest absolute Gasteiger partial charge is 0.394 e. The molecule has 0 spiro atoms. The predicted octanol–water partition coefficient (Wildman–Crippen LogP) is 4.78. The van der Waals surface area contributed by atoms with Gasteiger partial charge in [0.2, 0.25) is 0 Å². The van der Waals surface area contributed by atoms with E-state index >= 15 is 0 Å². The lowest BCUT2D eigenvalue weighted by atomic mass is 10.5. The van der Waals surface area contributed by atoms with Gasteiger partial charge in [0.05, 0.1) is 0 Å². The van der Waals surface area contributed by atoms with Crippen molar-refractivity contribution in [3.05, 3.63) is 0 Å². The average Bonchev–Trinajstić information content (AvgIpc) is 2.27. The highest BCUT2D eigenvalue weighted by atomic mass is 28.4. The van der Waals surface area contributed by atoms with Crippen molar-refractivity contribution in [3.63, 3.8) is 0 Å². The van der Waals surface area contributed by atoms with E-state index in [2.05, 4.69) is 73.6 Å². The summed E-state index contributed by atoms with van der Waals surface area (Å²) in [5.74, 6) is 0. The molecule has 0 rings (SSSR count). The summed E-state index contributed by atoms with van der Waals surface area (Å²) in [5.41, 5.74) is 2.18. The predicted molar refractivity (Wildman–Crippen MR) is 98.5 cm³/mol. The molecule has 0 saturated heterocycles. The molecule has 0 atom stereocenters. The Morgan fingerprint density at radius 1 is 0.810 bits per heavy atom. The van der Waals surface area contributed by atoms with E-state index in [1.165, 1.54) is 0 Å². The molecule has 0 aromatic heterocycles. The molecular weight excluding hydrogens is 294 g/mol. The second-order valence-electron chi connectivity index (χ2n) is 7.21. The highest BCUT2D eigenvalue weighted by Gasteiger charge is 2.49. The van der Waals surface area contributed by atoms with Crippen LogP contribution < -0.4 is 0 Å². The van der Waals surface area contributed by atoms with Crippen molar-refractivity contribution >= 4 is 16.8 Å². The maximum Gasteiger partial charge on any atom is 0.348 e. The summed E-state index contributed by atoms with van der Waals surface area (Å²) in [4.78, 5) is 0. The van der Waals surface area contributed by atoms with Gasteiger partial charge in [0.25, 0.3) is 0 Å². The molecule has 128 valence electrons. The Balaban J connectivity index is 5.43. The monoisotopic (exact) mass is 333 g/mol. The van der Waals surface area contributed by atoms with Crippen molar-refractivity contribution in [2.75, 3.05) is 26.4 Å². The van der Waals surface area contributed by atoms with Crippen molar-refractivity contribution in [1.82, 2.24) is 4.57 Å². The van der Waals surface area contributed by atoms with Crippen LogP contribution in [0.25, 0.3) is 0 Å². The van der Waals surface area contributed by atoms with Gasteiger partial charge in [-0.1, -0.05) is 41.5 Å². The smallest absolute Gasteiger partial charge is 0.348 e. The van der Waals surface area contributed by atoms with Gasteiger partial charge in [-0.3, -0.25) is 0 Å². The van der Waals surface area contributed by atoms with E-state index in [0.717, 1.165) is 36.0 Å². The van der Waals surface area contributed by atoms with Gasteiger partial charge < -0.3 is 13.4 Å². The molecule has 0 bridgehead atoms. The van der Waals surface area contributed by atoms with Gasteiger partial charge in [-0.05, 0) is 44.1 Å². The molecule has 0 aliphatic heterocycles. The Kier molecular flexibility index (Phi) is 8.95. The quantitative estimate of drug-likeness (QED) is 0.537. The summed E-state index contributed by atoms with van der Waals surface area (Å²) < 4.78 is 14.8. The normalized spacial score (nSPS) is 14.0. The standard InChI is InChI=1S/C16H39NO2Si2/c1-11-18-20(10,19-12-2)13-17(9)21(14(3)4,15(5)6)16(7)8/h14-16H,11-13H2,1-10H3. The van der Waals surface area contributed by atoms with Crippen LogP contribution in [-0.4, -0.2) is 47.8 Å². The Morgan fingerprint density at radius 2 is 1.14 bits per heavy atom. The molecule has 0 fully saturated rings. The molecule has 0 amide bonds. The van der Waals surface area contributed by atoms with Crippen LogP contribution in [0.4, 0.5) is 0 Å². The second-order valence-corrected chi connectivity index (χ2v) is 16.4. The molecule has 0 aliphatic carbocycles. The van der Waals surface area contributed by atoms with Crippen molar-refractivity contribution in [2.24, 2.45) is 0 Å². The van der Waals surface area contributed by atoms with Gasteiger partial charge in [-0.2, -0.15) is 0 Å². The van der Waals surface area contributed by atoms with Crippen LogP contribution in [0.15, 0.2) is 0 Å². The molecule has 0 aromatic carbocycles. The van der Waals surface area contributed by atoms with Crippen molar-refractivity contribution in [3.8, 4) is 0 Å². The maximum atomic E-state index is 6.07. The first kappa shape index (κ1) is 21.3. The average molecular weight is 334 g/mol. The number of rotatable bonds is 10. The van der Waals surface area contributed by atoms with Gasteiger partial charge in [-0.15, -0.1) is 0 Å². The number of hydrogen-bond donors (Lipinski definition) is 0. The molecule has 0 aliphatic rings. The highest BCUT2D eigenvalue weighted by molar-refractivity contribution is 6.82. The molecule has 0 saturated carbocycles. The second kappa shape index (κ2) is 8.82. The van der Waals surface area contributed by atoms with Gasteiger partial charge in [0, 0.05) is 19.4 Å². The first-order valence-corrected chi connectivity index (χ1v) is 13.3. The zero-order valence-electron chi connectivity index (χ0n) is 16.1. The minimum atomic E-state index is -2.10. The Hall–Kier alpha value is 0.314. The van der Waals surface area contributed by atoms with E-state index in [-0.39, 0.29) is 0 Å². The highest BCUT2D eigenvalue weighted by Crippen LogP contribution is 2.43. The molecule has 0 aromatic rings. The first-order chi connectivity index (χ1) is 9.58. The number of nitrogens with zero attached hydrogens (tertiary/aromatic N) is 1. The van der Waals surface area contributed by atoms with Crippen molar-refractivity contribution in [1.29, 1.82) is 0 Å². The summed E-state index contributed by atoms with van der Waals surface area (Å²) in [7, 11) is -1.38. The third-order valence-corrected chi connectivity index (χ3v) is 15.1. The maximum absolute atomic E-state index is 6.07. The summed E-state index contributed by atoms with van der Waals surface area (Å²) in [6.45, 7) is 22.3. The lowest BCUT2D eigenvalue weighted by molar-refractivity contribution is 0.180. The Bertz CT molecular complexity index is 268. The van der Waals surface area contributed by atoms with E-state index in [9.17, 15) is 0 Å². The van der Waals surface area contributed by atoms with Crippen LogP contribution in [0, 0.1) is 0 Å². The summed E-state index contributed by atoms with van der Waals surface area (Å²) in [5, 5.41) is 0. The Labute approximate surface area is 135 Å². The molecule has 0 heterocycles. The molecule has 3 nitrogen and oxygen atoms in total. The van der Waals surface area contributed by atoms with Crippen LogP contribution in [0.2, 0.25) is 23.2 Å². The third-order valence-electron chi connectivity index (χ3n) is 4.86. The molecule has 21 heavy (non-hydrogen) atoms. The molecule has 0 radical (unpaired) electrons. The van der Waals surface area contributed by atoms with Gasteiger partial charge >= 0.3 is 8.56 Å². The van der Waals surface area contributed by atoms with Crippen molar-refractivity contribution in [2.45, 2.75) is 78.6 Å². The van der Waals surface area contributed by atoms with E-state index < -0.39 is 16.8 Å². The zero-order valence-corrected chi connectivity index (χ0v) is 18.1. The van der Waals surface area contributed by atoms with E-state index in [1.54, 1.807) is 0 Å². The van der Waals surface area contributed by atoms with Crippen molar-refractivity contribution < 1.29 is 8.85 Å². The lowest BCUT2D eigenvalue weighted by Crippen LogP contribution is -2.63. The SMILES string of the molecule is CCO[Si](C)(CN(C)[Si](C(C)C)(C(C)C)C(C)C)OCC. The third kappa shape index (κ3) is 4.89. The van der Waals surface area contributed by atoms with E-state index in [4.69, 9.17) is 8.85 Å². The molecule has 5 heteroatoms. The molecule has 0 N–H and O–H groups in total. The topological polar surface area (TPSA) is 21.7 Å². The summed E-state index contributed by atoms with van der Waals surface area (Å²) in [6, 6.07) is 0. The fourth-order valence-corrected chi connectivity index (χ4v) is 15.6. The van der Waals surface area contributed by atoms with Crippen LogP contribution in [0.1, 0.15) is 55.4 Å². The summed E-state index contributed by atoms with van der Waals surface area (Å²) >= 11 is 0. The van der Waals surface area contributed by atoms with Crippen LogP contribution in [-0.2, 0) is 8.85 Å². The zero-order chi connectivity index (χ0) is 16.8. The van der Waals surface area contributed by atoms with Crippen LogP contribution >= 0.6 is 0 Å². The first-order valence-electron chi connectivity index (χ1n) is 8.57. The molecule has 0 unspecified atom stereocenters. The van der Waals surface area contributed by atoms with Crippen LogP contribution in [0.3, 0.4) is 0 Å². The fourth-order valence-electron chi connectivity index (χ4n) is 4.63. The number of hydrogen-bond acceptors (Lipinski definition) is 3. The fraction of sp³-hybridized carbons (Fsp3) is 1.00. The molecular formula is C16H39NO2Si2. The lowest BCUT2D eigenvalue weighted by Gasteiger charge is -2.51. The minimum absolute atomic E-state index is 0.726. The van der Waals surface area contributed by atoms with E-state index in [0.29, 0.717) is 0 Å². The van der Waals surface area contributed by atoms with E-state index in [1.807, 2.05) is 0 Å². The van der Waals surface area contributed by atoms with Gasteiger partial charge in [0.15, 0.2) is 0 Å². The Morgan fingerprint density at radius 3 is 1.38 bits per heavy atom. The van der Waals surface area contributed by atoms with Gasteiger partial charge in [0.1, 0.15) is 8.24 Å². The summed E-state index contributed by atoms with van der Waals surface area (Å²) in [6.07, 6.45) is 0.982. The van der Waals surface area contributed by atoms with Crippen LogP contribution in [0.5, 0.6) is 0 Å². The minimum Gasteiger partial charge on any atom is -0.394 e. The van der Waals surface area contributed by atoms with Gasteiger partial charge in [-0.25, -0.2) is 0 Å².